The number of ether oxygens (including phenoxy) is 3. The molecular weight excluding hydrogens is 294 g/mol. The zero-order valence-corrected chi connectivity index (χ0v) is 14.2. The van der Waals surface area contributed by atoms with E-state index in [1.165, 1.54) is 0 Å². The van der Waals surface area contributed by atoms with Crippen molar-refractivity contribution in [3.05, 3.63) is 29.8 Å². The molecule has 128 valence electrons. The topological polar surface area (TPSA) is 56.8 Å². The van der Waals surface area contributed by atoms with Gasteiger partial charge in [0.05, 0.1) is 19.8 Å². The molecule has 0 bridgehead atoms. The minimum absolute atomic E-state index is 0.00702. The first-order valence-corrected chi connectivity index (χ1v) is 8.25. The largest absolute Gasteiger partial charge is 0.496 e. The van der Waals surface area contributed by atoms with Crippen LogP contribution in [0.4, 0.5) is 0 Å². The Balaban J connectivity index is 1.76. The molecule has 5 heteroatoms. The molecule has 0 unspecified atom stereocenters. The second-order valence-corrected chi connectivity index (χ2v) is 6.04. The molecule has 0 aromatic heterocycles. The molecule has 1 aromatic rings. The molecule has 1 N–H and O–H groups in total. The van der Waals surface area contributed by atoms with E-state index in [4.69, 9.17) is 14.2 Å². The van der Waals surface area contributed by atoms with Gasteiger partial charge in [-0.25, -0.2) is 0 Å². The Morgan fingerprint density at radius 3 is 2.87 bits per heavy atom. The summed E-state index contributed by atoms with van der Waals surface area (Å²) in [5, 5.41) is 2.99. The minimum atomic E-state index is -0.473. The van der Waals surface area contributed by atoms with Crippen molar-refractivity contribution in [2.24, 2.45) is 0 Å². The van der Waals surface area contributed by atoms with Gasteiger partial charge in [-0.2, -0.15) is 0 Å². The molecule has 0 spiro atoms. The Bertz CT molecular complexity index is 500. The molecular formula is C18H27NO4. The third kappa shape index (κ3) is 5.52. The van der Waals surface area contributed by atoms with Crippen LogP contribution in [-0.2, 0) is 20.7 Å². The van der Waals surface area contributed by atoms with Crippen molar-refractivity contribution in [2.75, 3.05) is 20.3 Å². The zero-order valence-electron chi connectivity index (χ0n) is 14.2. The summed E-state index contributed by atoms with van der Waals surface area (Å²) in [4.78, 5) is 12.2. The first kappa shape index (κ1) is 17.8. The van der Waals surface area contributed by atoms with Crippen LogP contribution >= 0.6 is 0 Å². The second kappa shape index (κ2) is 8.89. The third-order valence-corrected chi connectivity index (χ3v) is 4.03. The van der Waals surface area contributed by atoms with Crippen LogP contribution in [0.1, 0.15) is 32.3 Å². The van der Waals surface area contributed by atoms with Crippen LogP contribution in [0, 0.1) is 0 Å². The fraction of sp³-hybridized carbons (Fsp3) is 0.611. The van der Waals surface area contributed by atoms with Gasteiger partial charge in [-0.05, 0) is 44.7 Å². The highest BCUT2D eigenvalue weighted by Crippen LogP contribution is 2.19. The first-order chi connectivity index (χ1) is 11.1. The van der Waals surface area contributed by atoms with E-state index in [0.717, 1.165) is 30.8 Å². The van der Waals surface area contributed by atoms with Crippen LogP contribution in [0.3, 0.4) is 0 Å². The monoisotopic (exact) mass is 321 g/mol. The number of hydrogen-bond acceptors (Lipinski definition) is 4. The smallest absolute Gasteiger partial charge is 0.249 e. The van der Waals surface area contributed by atoms with Crippen molar-refractivity contribution in [1.82, 2.24) is 5.32 Å². The summed E-state index contributed by atoms with van der Waals surface area (Å²) in [5.74, 6) is 0.752. The predicted octanol–water partition coefficient (Wildman–Crippen LogP) is 2.33. The van der Waals surface area contributed by atoms with Gasteiger partial charge in [0.25, 0.3) is 0 Å². The molecule has 3 atom stereocenters. The van der Waals surface area contributed by atoms with E-state index in [1.807, 2.05) is 31.2 Å². The van der Waals surface area contributed by atoms with E-state index in [1.54, 1.807) is 14.0 Å². The van der Waals surface area contributed by atoms with Gasteiger partial charge in [-0.15, -0.1) is 0 Å². The molecule has 1 amide bonds. The number of hydrogen-bond donors (Lipinski definition) is 1. The normalized spacial score (nSPS) is 20.0. The number of nitrogens with one attached hydrogen (secondary N) is 1. The Kier molecular flexibility index (Phi) is 6.86. The summed E-state index contributed by atoms with van der Waals surface area (Å²) < 4.78 is 16.5. The maximum atomic E-state index is 12.2. The maximum Gasteiger partial charge on any atom is 0.249 e. The molecule has 1 aliphatic heterocycles. The van der Waals surface area contributed by atoms with E-state index >= 15 is 0 Å². The highest BCUT2D eigenvalue weighted by molar-refractivity contribution is 5.80. The van der Waals surface area contributed by atoms with Crippen molar-refractivity contribution in [3.63, 3.8) is 0 Å². The molecule has 1 heterocycles. The zero-order chi connectivity index (χ0) is 16.7. The highest BCUT2D eigenvalue weighted by atomic mass is 16.5. The standard InChI is InChI=1S/C18H27NO4/c1-13(11-15-7-4-5-9-17(15)21-3)19-18(20)14(2)23-12-16-8-6-10-22-16/h4-5,7,9,13-14,16H,6,8,10-12H2,1-3H3,(H,19,20)/t13-,14-,16+/m0/s1. The first-order valence-electron chi connectivity index (χ1n) is 8.25. The number of amides is 1. The lowest BCUT2D eigenvalue weighted by molar-refractivity contribution is -0.134. The van der Waals surface area contributed by atoms with Crippen LogP contribution in [0.15, 0.2) is 24.3 Å². The lowest BCUT2D eigenvalue weighted by Gasteiger charge is -2.20. The average Bonchev–Trinajstić information content (AvgIpc) is 3.06. The molecule has 1 aliphatic rings. The quantitative estimate of drug-likeness (QED) is 0.798. The number of rotatable bonds is 8. The lowest BCUT2D eigenvalue weighted by Crippen LogP contribution is -2.41. The molecule has 0 radical (unpaired) electrons. The van der Waals surface area contributed by atoms with Gasteiger partial charge in [-0.1, -0.05) is 18.2 Å². The highest BCUT2D eigenvalue weighted by Gasteiger charge is 2.21. The van der Waals surface area contributed by atoms with E-state index in [2.05, 4.69) is 5.32 Å². The summed E-state index contributed by atoms with van der Waals surface area (Å²) >= 11 is 0. The average molecular weight is 321 g/mol. The van der Waals surface area contributed by atoms with E-state index < -0.39 is 6.10 Å². The van der Waals surface area contributed by atoms with Crippen molar-refractivity contribution in [2.45, 2.75) is 51.4 Å². The minimum Gasteiger partial charge on any atom is -0.496 e. The number of benzene rings is 1. The van der Waals surface area contributed by atoms with Crippen LogP contribution < -0.4 is 10.1 Å². The number of para-hydroxylation sites is 1. The SMILES string of the molecule is COc1ccccc1C[C@H](C)NC(=O)[C@H](C)OC[C@H]1CCCO1. The third-order valence-electron chi connectivity index (χ3n) is 4.03. The van der Waals surface area contributed by atoms with Crippen molar-refractivity contribution >= 4 is 5.91 Å². The van der Waals surface area contributed by atoms with Gasteiger partial charge >= 0.3 is 0 Å². The molecule has 1 fully saturated rings. The molecule has 1 aromatic carbocycles. The van der Waals surface area contributed by atoms with Crippen LogP contribution in [0.2, 0.25) is 0 Å². The summed E-state index contributed by atoms with van der Waals surface area (Å²) in [6.45, 7) is 5.04. The summed E-state index contributed by atoms with van der Waals surface area (Å²) in [5.41, 5.74) is 1.08. The molecule has 23 heavy (non-hydrogen) atoms. The van der Waals surface area contributed by atoms with Gasteiger partial charge in [0.2, 0.25) is 5.91 Å². The van der Waals surface area contributed by atoms with Crippen molar-refractivity contribution < 1.29 is 19.0 Å². The second-order valence-electron chi connectivity index (χ2n) is 6.04. The van der Waals surface area contributed by atoms with Crippen LogP contribution in [0.5, 0.6) is 5.75 Å². The molecule has 0 aliphatic carbocycles. The van der Waals surface area contributed by atoms with Gasteiger partial charge < -0.3 is 19.5 Å². The number of carbonyl (C=O) groups is 1. The summed E-state index contributed by atoms with van der Waals surface area (Å²) in [6.07, 6.45) is 2.47. The van der Waals surface area contributed by atoms with Crippen LogP contribution in [-0.4, -0.2) is 44.5 Å². The van der Waals surface area contributed by atoms with Gasteiger partial charge in [0.1, 0.15) is 11.9 Å². The Morgan fingerprint density at radius 2 is 2.17 bits per heavy atom. The molecule has 1 saturated heterocycles. The lowest BCUT2D eigenvalue weighted by atomic mass is 10.1. The Labute approximate surface area is 138 Å². The molecule has 2 rings (SSSR count). The summed E-state index contributed by atoms with van der Waals surface area (Å²) in [7, 11) is 1.66. The fourth-order valence-electron chi connectivity index (χ4n) is 2.72. The number of methoxy groups -OCH3 is 1. The Hall–Kier alpha value is -1.59. The van der Waals surface area contributed by atoms with Gasteiger partial charge in [0, 0.05) is 12.6 Å². The molecule has 5 nitrogen and oxygen atoms in total. The van der Waals surface area contributed by atoms with E-state index in [-0.39, 0.29) is 18.1 Å². The van der Waals surface area contributed by atoms with Gasteiger partial charge in [0.15, 0.2) is 0 Å². The Morgan fingerprint density at radius 1 is 1.39 bits per heavy atom. The number of carbonyl (C=O) groups excluding carboxylic acids is 1. The van der Waals surface area contributed by atoms with Gasteiger partial charge in [-0.3, -0.25) is 4.79 Å². The summed E-state index contributed by atoms with van der Waals surface area (Å²) in [6, 6.07) is 7.86. The van der Waals surface area contributed by atoms with Crippen LogP contribution in [0.25, 0.3) is 0 Å². The molecule has 0 saturated carbocycles. The predicted molar refractivity (Wildman–Crippen MR) is 88.7 cm³/mol. The van der Waals surface area contributed by atoms with E-state index in [9.17, 15) is 4.79 Å². The van der Waals surface area contributed by atoms with Crippen molar-refractivity contribution in [1.29, 1.82) is 0 Å². The van der Waals surface area contributed by atoms with E-state index in [0.29, 0.717) is 13.0 Å². The van der Waals surface area contributed by atoms with Crippen molar-refractivity contribution in [3.8, 4) is 5.75 Å². The maximum absolute atomic E-state index is 12.2. The fourth-order valence-corrected chi connectivity index (χ4v) is 2.72.